The SMILES string of the molecule is CCCCOC(=O)N1CCN(c2nccnc2OCCOc2ccc3c(c2)OCCO3)CC1. The first kappa shape index (κ1) is 22.8. The van der Waals surface area contributed by atoms with Gasteiger partial charge in [0.1, 0.15) is 32.2 Å². The Bertz CT molecular complexity index is 920. The van der Waals surface area contributed by atoms with E-state index in [-0.39, 0.29) is 6.09 Å². The summed E-state index contributed by atoms with van der Waals surface area (Å²) in [6, 6.07) is 5.49. The lowest BCUT2D eigenvalue weighted by Gasteiger charge is -2.35. The predicted molar refractivity (Wildman–Crippen MR) is 120 cm³/mol. The van der Waals surface area contributed by atoms with Gasteiger partial charge >= 0.3 is 6.09 Å². The molecule has 0 saturated carbocycles. The van der Waals surface area contributed by atoms with Gasteiger partial charge in [-0.15, -0.1) is 0 Å². The Balaban J connectivity index is 1.25. The number of nitrogens with zero attached hydrogens (tertiary/aromatic N) is 4. The number of benzene rings is 1. The van der Waals surface area contributed by atoms with Gasteiger partial charge in [-0.05, 0) is 18.6 Å². The van der Waals surface area contributed by atoms with Crippen LogP contribution in [0.1, 0.15) is 19.8 Å². The van der Waals surface area contributed by atoms with Gasteiger partial charge in [-0.2, -0.15) is 0 Å². The van der Waals surface area contributed by atoms with Crippen LogP contribution in [-0.4, -0.2) is 80.2 Å². The third-order valence-electron chi connectivity index (χ3n) is 5.31. The number of carbonyl (C=O) groups is 1. The van der Waals surface area contributed by atoms with Crippen molar-refractivity contribution >= 4 is 11.9 Å². The maximum atomic E-state index is 12.2. The van der Waals surface area contributed by atoms with Crippen molar-refractivity contribution in [3.05, 3.63) is 30.6 Å². The van der Waals surface area contributed by atoms with Crippen molar-refractivity contribution in [1.29, 1.82) is 0 Å². The first-order valence-corrected chi connectivity index (χ1v) is 11.4. The van der Waals surface area contributed by atoms with Crippen LogP contribution in [-0.2, 0) is 4.74 Å². The highest BCUT2D eigenvalue weighted by Crippen LogP contribution is 2.33. The third-order valence-corrected chi connectivity index (χ3v) is 5.31. The molecule has 33 heavy (non-hydrogen) atoms. The number of anilines is 1. The van der Waals surface area contributed by atoms with E-state index in [0.29, 0.717) is 82.4 Å². The summed E-state index contributed by atoms with van der Waals surface area (Å²) in [6.07, 6.45) is 4.86. The van der Waals surface area contributed by atoms with Gasteiger partial charge in [0.2, 0.25) is 0 Å². The molecule has 2 aromatic rings. The Kier molecular flexibility index (Phi) is 7.89. The lowest BCUT2D eigenvalue weighted by molar-refractivity contribution is 0.0988. The molecule has 1 amide bonds. The van der Waals surface area contributed by atoms with Crippen LogP contribution in [0.15, 0.2) is 30.6 Å². The van der Waals surface area contributed by atoms with Gasteiger partial charge in [-0.3, -0.25) is 0 Å². The number of rotatable bonds is 9. The number of carbonyl (C=O) groups excluding carboxylic acids is 1. The molecule has 3 heterocycles. The Morgan fingerprint density at radius 2 is 1.73 bits per heavy atom. The van der Waals surface area contributed by atoms with E-state index in [4.69, 9.17) is 23.7 Å². The molecule has 2 aliphatic rings. The van der Waals surface area contributed by atoms with Crippen LogP contribution in [0.3, 0.4) is 0 Å². The van der Waals surface area contributed by atoms with Crippen LogP contribution in [0.4, 0.5) is 10.6 Å². The molecule has 10 heteroatoms. The summed E-state index contributed by atoms with van der Waals surface area (Å²) < 4.78 is 28.0. The molecule has 1 fully saturated rings. The van der Waals surface area contributed by atoms with Crippen LogP contribution in [0.5, 0.6) is 23.1 Å². The molecule has 0 bridgehead atoms. The first-order chi connectivity index (χ1) is 16.2. The molecule has 2 aliphatic heterocycles. The smallest absolute Gasteiger partial charge is 0.409 e. The van der Waals surface area contributed by atoms with E-state index in [0.717, 1.165) is 18.6 Å². The van der Waals surface area contributed by atoms with Crippen LogP contribution in [0, 0.1) is 0 Å². The van der Waals surface area contributed by atoms with E-state index in [9.17, 15) is 4.79 Å². The van der Waals surface area contributed by atoms with Crippen molar-refractivity contribution in [1.82, 2.24) is 14.9 Å². The van der Waals surface area contributed by atoms with Crippen molar-refractivity contribution in [3.63, 3.8) is 0 Å². The highest BCUT2D eigenvalue weighted by molar-refractivity contribution is 5.68. The van der Waals surface area contributed by atoms with Crippen molar-refractivity contribution in [2.45, 2.75) is 19.8 Å². The van der Waals surface area contributed by atoms with Crippen LogP contribution < -0.4 is 23.8 Å². The fraction of sp³-hybridized carbons (Fsp3) is 0.522. The molecule has 0 atom stereocenters. The summed E-state index contributed by atoms with van der Waals surface area (Å²) in [6.45, 7) is 6.66. The lowest BCUT2D eigenvalue weighted by Crippen LogP contribution is -2.49. The fourth-order valence-corrected chi connectivity index (χ4v) is 3.54. The fourth-order valence-electron chi connectivity index (χ4n) is 3.54. The van der Waals surface area contributed by atoms with Crippen molar-refractivity contribution in [2.75, 3.05) is 64.1 Å². The molecular weight excluding hydrogens is 428 g/mol. The highest BCUT2D eigenvalue weighted by atomic mass is 16.6. The summed E-state index contributed by atoms with van der Waals surface area (Å²) in [5.41, 5.74) is 0. The minimum atomic E-state index is -0.255. The minimum absolute atomic E-state index is 0.255. The van der Waals surface area contributed by atoms with Crippen LogP contribution in [0.25, 0.3) is 0 Å². The van der Waals surface area contributed by atoms with E-state index in [1.54, 1.807) is 17.3 Å². The number of ether oxygens (including phenoxy) is 5. The molecule has 0 spiro atoms. The molecule has 1 saturated heterocycles. The highest BCUT2D eigenvalue weighted by Gasteiger charge is 2.25. The van der Waals surface area contributed by atoms with Gasteiger partial charge in [-0.25, -0.2) is 14.8 Å². The molecule has 4 rings (SSSR count). The Morgan fingerprint density at radius 1 is 0.970 bits per heavy atom. The average molecular weight is 459 g/mol. The quantitative estimate of drug-likeness (QED) is 0.526. The second-order valence-corrected chi connectivity index (χ2v) is 7.63. The summed E-state index contributed by atoms with van der Waals surface area (Å²) in [5.74, 6) is 3.20. The normalized spacial score (nSPS) is 15.2. The molecule has 1 aromatic carbocycles. The van der Waals surface area contributed by atoms with Gasteiger partial charge in [0, 0.05) is 44.6 Å². The third kappa shape index (κ3) is 6.09. The Labute approximate surface area is 193 Å². The molecule has 0 radical (unpaired) electrons. The maximum Gasteiger partial charge on any atom is 0.409 e. The number of aromatic nitrogens is 2. The first-order valence-electron chi connectivity index (χ1n) is 11.4. The number of piperazine rings is 1. The van der Waals surface area contributed by atoms with E-state index < -0.39 is 0 Å². The molecule has 10 nitrogen and oxygen atoms in total. The molecule has 178 valence electrons. The van der Waals surface area contributed by atoms with Gasteiger partial charge in [-0.1, -0.05) is 13.3 Å². The standard InChI is InChI=1S/C23H30N4O6/c1-2-3-12-33-23(28)27-10-8-26(9-11-27)21-22(25-7-6-24-21)32-16-13-29-18-4-5-19-20(17-18)31-15-14-30-19/h4-7,17H,2-3,8-16H2,1H3. The number of hydrogen-bond acceptors (Lipinski definition) is 9. The number of fused-ring (bicyclic) bond motifs is 1. The van der Waals surface area contributed by atoms with E-state index in [1.165, 1.54) is 0 Å². The number of hydrogen-bond donors (Lipinski definition) is 0. The molecule has 0 unspecified atom stereocenters. The second-order valence-electron chi connectivity index (χ2n) is 7.63. The average Bonchev–Trinajstić information content (AvgIpc) is 2.87. The molecule has 1 aromatic heterocycles. The Morgan fingerprint density at radius 3 is 2.55 bits per heavy atom. The van der Waals surface area contributed by atoms with E-state index in [1.807, 2.05) is 18.2 Å². The topological polar surface area (TPSA) is 95.5 Å². The monoisotopic (exact) mass is 458 g/mol. The second kappa shape index (κ2) is 11.4. The molecular formula is C23H30N4O6. The van der Waals surface area contributed by atoms with Gasteiger partial charge in [0.15, 0.2) is 17.3 Å². The van der Waals surface area contributed by atoms with Gasteiger partial charge in [0.25, 0.3) is 5.88 Å². The van der Waals surface area contributed by atoms with Gasteiger partial charge < -0.3 is 33.5 Å². The van der Waals surface area contributed by atoms with Crippen molar-refractivity contribution < 1.29 is 28.5 Å². The largest absolute Gasteiger partial charge is 0.490 e. The minimum Gasteiger partial charge on any atom is -0.490 e. The molecule has 0 N–H and O–H groups in total. The zero-order valence-electron chi connectivity index (χ0n) is 18.9. The van der Waals surface area contributed by atoms with E-state index >= 15 is 0 Å². The van der Waals surface area contributed by atoms with Crippen LogP contribution in [0.2, 0.25) is 0 Å². The number of amides is 1. The summed E-state index contributed by atoms with van der Waals surface area (Å²) in [7, 11) is 0. The number of unbranched alkanes of at least 4 members (excludes halogenated alkanes) is 1. The zero-order chi connectivity index (χ0) is 22.9. The van der Waals surface area contributed by atoms with E-state index in [2.05, 4.69) is 21.8 Å². The maximum absolute atomic E-state index is 12.2. The summed E-state index contributed by atoms with van der Waals surface area (Å²) >= 11 is 0. The Hall–Kier alpha value is -3.43. The lowest BCUT2D eigenvalue weighted by atomic mass is 10.3. The van der Waals surface area contributed by atoms with Crippen LogP contribution >= 0.6 is 0 Å². The predicted octanol–water partition coefficient (Wildman–Crippen LogP) is 2.76. The summed E-state index contributed by atoms with van der Waals surface area (Å²) in [4.78, 5) is 24.7. The van der Waals surface area contributed by atoms with Crippen molar-refractivity contribution in [2.24, 2.45) is 0 Å². The van der Waals surface area contributed by atoms with Gasteiger partial charge in [0.05, 0.1) is 6.61 Å². The molecule has 0 aliphatic carbocycles. The zero-order valence-corrected chi connectivity index (χ0v) is 18.9. The van der Waals surface area contributed by atoms with Crippen molar-refractivity contribution in [3.8, 4) is 23.1 Å². The summed E-state index contributed by atoms with van der Waals surface area (Å²) in [5, 5.41) is 0.